The van der Waals surface area contributed by atoms with Gasteiger partial charge in [0, 0.05) is 0 Å². The second-order valence-corrected chi connectivity index (χ2v) is 0.740. The molecule has 0 fully saturated rings. The van der Waals surface area contributed by atoms with E-state index in [1.807, 2.05) is 0 Å². The van der Waals surface area contributed by atoms with Crippen LogP contribution in [0.25, 0.3) is 0 Å². The topological polar surface area (TPSA) is 38.7 Å². The van der Waals surface area contributed by atoms with Crippen molar-refractivity contribution in [3.05, 3.63) is 25.4 Å². The van der Waals surface area contributed by atoms with Crippen LogP contribution in [-0.2, 0) is 9.78 Å². The lowest BCUT2D eigenvalue weighted by Crippen LogP contribution is -1.83. The van der Waals surface area contributed by atoms with Crippen molar-refractivity contribution in [2.45, 2.75) is 0 Å². The zero-order valence-electron chi connectivity index (χ0n) is 3.76. The third-order valence-corrected chi connectivity index (χ3v) is 0.212. The average Bonchev–Trinajstić information content (AvgIpc) is 1.61. The highest BCUT2D eigenvalue weighted by atomic mass is 17.2. The predicted octanol–water partition coefficient (Wildman–Crippen LogP) is 1.11. The Morgan fingerprint density at radius 1 is 1.71 bits per heavy atom. The van der Waals surface area contributed by atoms with E-state index in [2.05, 4.69) is 22.9 Å². The summed E-state index contributed by atoms with van der Waals surface area (Å²) in [6.45, 7) is 6.09. The molecule has 3 nitrogen and oxygen atoms in total. The van der Waals surface area contributed by atoms with Gasteiger partial charge in [-0.2, -0.15) is 0 Å². The summed E-state index contributed by atoms with van der Waals surface area (Å²) in [6.07, 6.45) is 1.03. The number of hydrogen-bond acceptors (Lipinski definition) is 3. The maximum atomic E-state index is 8.09. The van der Waals surface area contributed by atoms with Gasteiger partial charge in [-0.05, 0) is 6.58 Å². The zero-order chi connectivity index (χ0) is 5.70. The van der Waals surface area contributed by atoms with Gasteiger partial charge in [0.2, 0.25) is 0 Å². The zero-order valence-corrected chi connectivity index (χ0v) is 3.76. The summed E-state index contributed by atoms with van der Waals surface area (Å²) in [5.74, 6) is -0.486. The number of aliphatic hydroxyl groups excluding tert-OH is 1. The van der Waals surface area contributed by atoms with Gasteiger partial charge in [0.15, 0.2) is 0 Å². The molecular formula is C4H6O3. The molecule has 0 saturated carbocycles. The highest BCUT2D eigenvalue weighted by Crippen LogP contribution is 1.85. The van der Waals surface area contributed by atoms with E-state index >= 15 is 0 Å². The largest absolute Gasteiger partial charge is 0.479 e. The van der Waals surface area contributed by atoms with Crippen LogP contribution in [-0.4, -0.2) is 5.11 Å². The Balaban J connectivity index is 2.97. The lowest BCUT2D eigenvalue weighted by molar-refractivity contribution is -0.240. The first kappa shape index (κ1) is 5.88. The Kier molecular flexibility index (Phi) is 2.59. The maximum absolute atomic E-state index is 8.09. The standard InChI is InChI=1S/C4H6O3/c1-3-6-7-4(2)5/h3,5H,1-2H2. The molecule has 0 amide bonds. The van der Waals surface area contributed by atoms with E-state index in [0.717, 1.165) is 6.26 Å². The molecule has 0 radical (unpaired) electrons. The van der Waals surface area contributed by atoms with Crippen LogP contribution in [0.5, 0.6) is 0 Å². The second-order valence-electron chi connectivity index (χ2n) is 0.740. The molecule has 0 aromatic carbocycles. The number of hydrogen-bond donors (Lipinski definition) is 1. The van der Waals surface area contributed by atoms with Gasteiger partial charge in [-0.25, -0.2) is 0 Å². The first-order valence-electron chi connectivity index (χ1n) is 1.59. The van der Waals surface area contributed by atoms with Crippen LogP contribution in [0.2, 0.25) is 0 Å². The van der Waals surface area contributed by atoms with Crippen molar-refractivity contribution in [1.82, 2.24) is 0 Å². The summed E-state index contributed by atoms with van der Waals surface area (Å²) in [6, 6.07) is 0. The van der Waals surface area contributed by atoms with Crippen LogP contribution in [0.1, 0.15) is 0 Å². The molecule has 40 valence electrons. The normalized spacial score (nSPS) is 6.86. The van der Waals surface area contributed by atoms with E-state index in [1.54, 1.807) is 0 Å². The smallest absolute Gasteiger partial charge is 0.320 e. The highest BCUT2D eigenvalue weighted by molar-refractivity contribution is 4.59. The van der Waals surface area contributed by atoms with Crippen molar-refractivity contribution in [3.8, 4) is 0 Å². The minimum atomic E-state index is -0.486. The first-order valence-corrected chi connectivity index (χ1v) is 1.59. The molecule has 0 aromatic rings. The van der Waals surface area contributed by atoms with Crippen molar-refractivity contribution >= 4 is 0 Å². The summed E-state index contributed by atoms with van der Waals surface area (Å²) in [7, 11) is 0. The molecule has 7 heavy (non-hydrogen) atoms. The molecular weight excluding hydrogens is 96.0 g/mol. The molecule has 0 atom stereocenters. The van der Waals surface area contributed by atoms with Crippen molar-refractivity contribution in [2.24, 2.45) is 0 Å². The summed E-state index contributed by atoms with van der Waals surface area (Å²) in [5.41, 5.74) is 0. The second kappa shape index (κ2) is 3.08. The molecule has 0 spiro atoms. The third-order valence-electron chi connectivity index (χ3n) is 0.212. The van der Waals surface area contributed by atoms with Gasteiger partial charge < -0.3 is 5.11 Å². The lowest BCUT2D eigenvalue weighted by Gasteiger charge is -1.93. The van der Waals surface area contributed by atoms with Gasteiger partial charge in [-0.15, -0.1) is 0 Å². The fraction of sp³-hybridized carbons (Fsp3) is 0. The van der Waals surface area contributed by atoms with E-state index in [9.17, 15) is 0 Å². The predicted molar refractivity (Wildman–Crippen MR) is 24.1 cm³/mol. The van der Waals surface area contributed by atoms with Crippen LogP contribution >= 0.6 is 0 Å². The Morgan fingerprint density at radius 3 is 2.43 bits per heavy atom. The average molecular weight is 102 g/mol. The van der Waals surface area contributed by atoms with E-state index in [1.165, 1.54) is 0 Å². The number of rotatable bonds is 3. The summed E-state index contributed by atoms with van der Waals surface area (Å²) >= 11 is 0. The van der Waals surface area contributed by atoms with Gasteiger partial charge in [0.05, 0.1) is 0 Å². The maximum Gasteiger partial charge on any atom is 0.320 e. The SMILES string of the molecule is C=COOC(=C)O. The van der Waals surface area contributed by atoms with Gasteiger partial charge in [0.25, 0.3) is 0 Å². The minimum absolute atomic E-state index is 0.486. The van der Waals surface area contributed by atoms with Gasteiger partial charge in [-0.3, -0.25) is 9.78 Å². The minimum Gasteiger partial charge on any atom is -0.479 e. The summed E-state index contributed by atoms with van der Waals surface area (Å²) in [4.78, 5) is 7.94. The fourth-order valence-corrected chi connectivity index (χ4v) is 0.0896. The van der Waals surface area contributed by atoms with Crippen molar-refractivity contribution in [1.29, 1.82) is 0 Å². The monoisotopic (exact) mass is 102 g/mol. The van der Waals surface area contributed by atoms with Crippen LogP contribution in [0.15, 0.2) is 25.4 Å². The molecule has 0 unspecified atom stereocenters. The quantitative estimate of drug-likeness (QED) is 0.329. The Labute approximate surface area is 41.4 Å². The molecule has 0 rings (SSSR count). The van der Waals surface area contributed by atoms with E-state index in [4.69, 9.17) is 5.11 Å². The van der Waals surface area contributed by atoms with Crippen LogP contribution < -0.4 is 0 Å². The molecule has 0 bridgehead atoms. The van der Waals surface area contributed by atoms with Gasteiger partial charge >= 0.3 is 5.95 Å². The molecule has 0 aliphatic rings. The van der Waals surface area contributed by atoms with Crippen LogP contribution in [0.3, 0.4) is 0 Å². The van der Waals surface area contributed by atoms with Crippen LogP contribution in [0.4, 0.5) is 0 Å². The van der Waals surface area contributed by atoms with Gasteiger partial charge in [0.1, 0.15) is 6.26 Å². The Bertz CT molecular complexity index is 77.0. The van der Waals surface area contributed by atoms with E-state index in [0.29, 0.717) is 0 Å². The van der Waals surface area contributed by atoms with Crippen molar-refractivity contribution < 1.29 is 14.9 Å². The summed E-state index contributed by atoms with van der Waals surface area (Å²) < 4.78 is 0. The molecule has 0 heterocycles. The summed E-state index contributed by atoms with van der Waals surface area (Å²) in [5, 5.41) is 8.09. The lowest BCUT2D eigenvalue weighted by atomic mass is 11.1. The molecule has 3 heteroatoms. The number of aliphatic hydroxyl groups is 1. The molecule has 0 aliphatic carbocycles. The van der Waals surface area contributed by atoms with Crippen molar-refractivity contribution in [3.63, 3.8) is 0 Å². The van der Waals surface area contributed by atoms with Crippen molar-refractivity contribution in [2.75, 3.05) is 0 Å². The molecule has 0 aromatic heterocycles. The Morgan fingerprint density at radius 2 is 2.29 bits per heavy atom. The highest BCUT2D eigenvalue weighted by Gasteiger charge is 1.80. The third kappa shape index (κ3) is 4.88. The van der Waals surface area contributed by atoms with Crippen LogP contribution in [0, 0.1) is 0 Å². The molecule has 0 aliphatic heterocycles. The first-order chi connectivity index (χ1) is 3.27. The van der Waals surface area contributed by atoms with E-state index < -0.39 is 5.95 Å². The fourth-order valence-electron chi connectivity index (χ4n) is 0.0896. The Hall–Kier alpha value is -1.12. The van der Waals surface area contributed by atoms with Gasteiger partial charge in [-0.1, -0.05) is 6.58 Å². The van der Waals surface area contributed by atoms with E-state index in [-0.39, 0.29) is 0 Å². The molecule has 1 N–H and O–H groups in total. The molecule has 0 saturated heterocycles.